The van der Waals surface area contributed by atoms with Crippen LogP contribution in [0.3, 0.4) is 0 Å². The van der Waals surface area contributed by atoms with Gasteiger partial charge >= 0.3 is 0 Å². The van der Waals surface area contributed by atoms with E-state index in [1.54, 1.807) is 6.20 Å². The summed E-state index contributed by atoms with van der Waals surface area (Å²) in [5, 5.41) is 4.27. The van der Waals surface area contributed by atoms with Crippen LogP contribution in [0.4, 0.5) is 0 Å². The van der Waals surface area contributed by atoms with Gasteiger partial charge in [0, 0.05) is 18.9 Å². The van der Waals surface area contributed by atoms with E-state index in [2.05, 4.69) is 5.10 Å². The molecule has 5 nitrogen and oxygen atoms in total. The number of piperidine rings is 1. The van der Waals surface area contributed by atoms with Gasteiger partial charge < -0.3 is 9.64 Å². The van der Waals surface area contributed by atoms with Crippen LogP contribution in [0.15, 0.2) is 48.8 Å². The molecule has 0 N–H and O–H groups in total. The molecule has 0 unspecified atom stereocenters. The maximum absolute atomic E-state index is 12.8. The Kier molecular flexibility index (Phi) is 5.64. The lowest BCUT2D eigenvalue weighted by Crippen LogP contribution is -2.49. The number of likely N-dealkylation sites (tertiary alicyclic amines) is 1. The second-order valence-corrected chi connectivity index (χ2v) is 6.35. The molecular formula is C19H25N3O2. The van der Waals surface area contributed by atoms with Crippen LogP contribution in [-0.2, 0) is 22.7 Å². The van der Waals surface area contributed by atoms with Crippen molar-refractivity contribution >= 4 is 5.91 Å². The molecule has 128 valence electrons. The summed E-state index contributed by atoms with van der Waals surface area (Å²) in [5.74, 6) is 0.0859. The summed E-state index contributed by atoms with van der Waals surface area (Å²) in [6.07, 6.45) is 6.55. The summed E-state index contributed by atoms with van der Waals surface area (Å²) in [6, 6.07) is 12.1. The summed E-state index contributed by atoms with van der Waals surface area (Å²) in [4.78, 5) is 14.8. The lowest BCUT2D eigenvalue weighted by atomic mass is 10.0. The fourth-order valence-electron chi connectivity index (χ4n) is 3.21. The predicted molar refractivity (Wildman–Crippen MR) is 92.3 cm³/mol. The van der Waals surface area contributed by atoms with E-state index in [-0.39, 0.29) is 11.9 Å². The molecule has 1 fully saturated rings. The summed E-state index contributed by atoms with van der Waals surface area (Å²) in [5.41, 5.74) is 1.09. The number of nitrogens with zero attached hydrogens (tertiary/aromatic N) is 3. The third-order valence-electron chi connectivity index (χ3n) is 4.56. The number of hydrogen-bond acceptors (Lipinski definition) is 3. The molecule has 2 heterocycles. The van der Waals surface area contributed by atoms with E-state index >= 15 is 0 Å². The van der Waals surface area contributed by atoms with Crippen LogP contribution in [0.2, 0.25) is 0 Å². The molecule has 1 aromatic heterocycles. The van der Waals surface area contributed by atoms with Crippen molar-refractivity contribution in [2.75, 3.05) is 6.54 Å². The van der Waals surface area contributed by atoms with Gasteiger partial charge in [0.15, 0.2) is 0 Å². The second kappa shape index (κ2) is 8.11. The number of rotatable bonds is 6. The maximum Gasteiger partial charge on any atom is 0.251 e. The van der Waals surface area contributed by atoms with Crippen molar-refractivity contribution in [2.45, 2.75) is 51.5 Å². The van der Waals surface area contributed by atoms with Crippen molar-refractivity contribution in [3.63, 3.8) is 0 Å². The van der Waals surface area contributed by atoms with Gasteiger partial charge in [-0.3, -0.25) is 9.48 Å². The number of aromatic nitrogens is 2. The smallest absolute Gasteiger partial charge is 0.251 e. The molecule has 0 spiro atoms. The molecule has 1 aromatic carbocycles. The van der Waals surface area contributed by atoms with Gasteiger partial charge in [0.1, 0.15) is 6.10 Å². The van der Waals surface area contributed by atoms with Gasteiger partial charge in [0.25, 0.3) is 5.91 Å². The summed E-state index contributed by atoms with van der Waals surface area (Å²) in [6.45, 7) is 3.88. The molecule has 0 aliphatic carbocycles. The number of amides is 1. The van der Waals surface area contributed by atoms with E-state index in [9.17, 15) is 4.79 Å². The van der Waals surface area contributed by atoms with E-state index in [0.29, 0.717) is 6.61 Å². The standard InChI is InChI=1S/C19H25N3O2/c1-16(24-15-17-8-3-2-4-9-17)19(23)22-13-6-5-10-18(22)14-21-12-7-11-20-21/h2-4,7-9,11-12,16,18H,5-6,10,13-15H2,1H3/t16-,18+/m1/s1. The summed E-state index contributed by atoms with van der Waals surface area (Å²) < 4.78 is 7.72. The Morgan fingerprint density at radius 2 is 2.12 bits per heavy atom. The third kappa shape index (κ3) is 4.23. The van der Waals surface area contributed by atoms with Crippen molar-refractivity contribution in [3.05, 3.63) is 54.4 Å². The lowest BCUT2D eigenvalue weighted by Gasteiger charge is -2.37. The van der Waals surface area contributed by atoms with Crippen molar-refractivity contribution < 1.29 is 9.53 Å². The zero-order chi connectivity index (χ0) is 16.8. The molecular weight excluding hydrogens is 302 g/mol. The molecule has 24 heavy (non-hydrogen) atoms. The van der Waals surface area contributed by atoms with Gasteiger partial charge in [-0.05, 0) is 37.8 Å². The Morgan fingerprint density at radius 3 is 2.88 bits per heavy atom. The SMILES string of the molecule is C[C@@H](OCc1ccccc1)C(=O)N1CCCC[C@H]1Cn1cccn1. The molecule has 1 amide bonds. The highest BCUT2D eigenvalue weighted by Crippen LogP contribution is 2.20. The van der Waals surface area contributed by atoms with Crippen LogP contribution in [-0.4, -0.2) is 39.3 Å². The van der Waals surface area contributed by atoms with E-state index in [1.807, 2.05) is 59.1 Å². The number of ether oxygens (including phenoxy) is 1. The van der Waals surface area contributed by atoms with E-state index in [1.165, 1.54) is 0 Å². The van der Waals surface area contributed by atoms with Gasteiger partial charge in [-0.1, -0.05) is 30.3 Å². The third-order valence-corrected chi connectivity index (χ3v) is 4.56. The average Bonchev–Trinajstić information content (AvgIpc) is 3.13. The van der Waals surface area contributed by atoms with Gasteiger partial charge in [-0.15, -0.1) is 0 Å². The average molecular weight is 327 g/mol. The Labute approximate surface area is 143 Å². The Hall–Kier alpha value is -2.14. The van der Waals surface area contributed by atoms with Crippen LogP contribution < -0.4 is 0 Å². The van der Waals surface area contributed by atoms with Crippen molar-refractivity contribution in [1.82, 2.24) is 14.7 Å². The van der Waals surface area contributed by atoms with Crippen molar-refractivity contribution in [3.8, 4) is 0 Å². The Balaban J connectivity index is 1.58. The van der Waals surface area contributed by atoms with Gasteiger partial charge in [-0.2, -0.15) is 5.10 Å². The summed E-state index contributed by atoms with van der Waals surface area (Å²) in [7, 11) is 0. The minimum atomic E-state index is -0.427. The van der Waals surface area contributed by atoms with Crippen LogP contribution in [0.5, 0.6) is 0 Å². The molecule has 5 heteroatoms. The van der Waals surface area contributed by atoms with E-state index < -0.39 is 6.10 Å². The monoisotopic (exact) mass is 327 g/mol. The molecule has 1 aliphatic heterocycles. The molecule has 1 saturated heterocycles. The molecule has 0 saturated carbocycles. The topological polar surface area (TPSA) is 47.4 Å². The molecule has 2 aromatic rings. The Morgan fingerprint density at radius 1 is 1.29 bits per heavy atom. The van der Waals surface area contributed by atoms with Gasteiger partial charge in [-0.25, -0.2) is 0 Å². The minimum absolute atomic E-state index is 0.0859. The maximum atomic E-state index is 12.8. The van der Waals surface area contributed by atoms with Crippen LogP contribution >= 0.6 is 0 Å². The van der Waals surface area contributed by atoms with Crippen LogP contribution in [0.1, 0.15) is 31.7 Å². The predicted octanol–water partition coefficient (Wildman–Crippen LogP) is 2.87. The fraction of sp³-hybridized carbons (Fsp3) is 0.474. The normalized spacial score (nSPS) is 19.2. The highest BCUT2D eigenvalue weighted by Gasteiger charge is 2.30. The van der Waals surface area contributed by atoms with Crippen LogP contribution in [0, 0.1) is 0 Å². The highest BCUT2D eigenvalue weighted by atomic mass is 16.5. The number of carbonyl (C=O) groups excluding carboxylic acids is 1. The zero-order valence-electron chi connectivity index (χ0n) is 14.2. The van der Waals surface area contributed by atoms with Gasteiger partial charge in [0.05, 0.1) is 19.2 Å². The minimum Gasteiger partial charge on any atom is -0.364 e. The van der Waals surface area contributed by atoms with E-state index in [4.69, 9.17) is 4.74 Å². The molecule has 0 radical (unpaired) electrons. The second-order valence-electron chi connectivity index (χ2n) is 6.35. The molecule has 2 atom stereocenters. The lowest BCUT2D eigenvalue weighted by molar-refractivity contribution is -0.147. The highest BCUT2D eigenvalue weighted by molar-refractivity contribution is 5.81. The Bertz CT molecular complexity index is 627. The first kappa shape index (κ1) is 16.7. The molecule has 1 aliphatic rings. The van der Waals surface area contributed by atoms with Crippen LogP contribution in [0.25, 0.3) is 0 Å². The van der Waals surface area contributed by atoms with Crippen molar-refractivity contribution in [1.29, 1.82) is 0 Å². The molecule has 0 bridgehead atoms. The molecule has 3 rings (SSSR count). The first-order valence-corrected chi connectivity index (χ1v) is 8.67. The quantitative estimate of drug-likeness (QED) is 0.819. The fourth-order valence-corrected chi connectivity index (χ4v) is 3.21. The van der Waals surface area contributed by atoms with Crippen molar-refractivity contribution in [2.24, 2.45) is 0 Å². The number of carbonyl (C=O) groups is 1. The first-order valence-electron chi connectivity index (χ1n) is 8.67. The summed E-state index contributed by atoms with van der Waals surface area (Å²) >= 11 is 0. The largest absolute Gasteiger partial charge is 0.364 e. The zero-order valence-corrected chi connectivity index (χ0v) is 14.2. The van der Waals surface area contributed by atoms with E-state index in [0.717, 1.165) is 37.9 Å². The first-order chi connectivity index (χ1) is 11.7. The van der Waals surface area contributed by atoms with Gasteiger partial charge in [0.2, 0.25) is 0 Å². The number of hydrogen-bond donors (Lipinski definition) is 0. The number of benzene rings is 1.